The quantitative estimate of drug-likeness (QED) is 0.662. The first-order valence-corrected chi connectivity index (χ1v) is 5.53. The van der Waals surface area contributed by atoms with E-state index in [1.165, 1.54) is 0 Å². The highest BCUT2D eigenvalue weighted by atomic mass is 16.1. The monoisotopic (exact) mass is 215 g/mol. The van der Waals surface area contributed by atoms with E-state index in [9.17, 15) is 4.79 Å². The predicted molar refractivity (Wildman–Crippen MR) is 67.9 cm³/mol. The van der Waals surface area contributed by atoms with Crippen LogP contribution in [-0.4, -0.2) is 4.57 Å². The molecule has 0 N–H and O–H groups in total. The Hall–Kier alpha value is -1.57. The third-order valence-corrected chi connectivity index (χ3v) is 2.78. The minimum absolute atomic E-state index is 0.100. The molecule has 0 amide bonds. The second-order valence-corrected chi connectivity index (χ2v) is 5.18. The lowest BCUT2D eigenvalue weighted by molar-refractivity contribution is 0.378. The van der Waals surface area contributed by atoms with Crippen molar-refractivity contribution in [3.8, 4) is 0 Å². The highest BCUT2D eigenvalue weighted by Crippen LogP contribution is 2.18. The summed E-state index contributed by atoms with van der Waals surface area (Å²) in [6, 6.07) is 9.81. The Labute approximate surface area is 95.5 Å². The second kappa shape index (κ2) is 3.48. The van der Waals surface area contributed by atoms with Crippen LogP contribution in [0.2, 0.25) is 0 Å². The van der Waals surface area contributed by atoms with Crippen LogP contribution < -0.4 is 5.56 Å². The van der Waals surface area contributed by atoms with Gasteiger partial charge in [-0.2, -0.15) is 0 Å². The van der Waals surface area contributed by atoms with E-state index in [0.29, 0.717) is 0 Å². The number of hydrogen-bond donors (Lipinski definition) is 0. The molecule has 0 saturated heterocycles. The fraction of sp³-hybridized carbons (Fsp3) is 0.357. The van der Waals surface area contributed by atoms with E-state index in [1.807, 2.05) is 35.8 Å². The second-order valence-electron chi connectivity index (χ2n) is 5.18. The molecule has 0 aliphatic carbocycles. The molecular formula is C14H17NO. The Balaban J connectivity index is 2.92. The summed E-state index contributed by atoms with van der Waals surface area (Å²) < 4.78 is 1.86. The fourth-order valence-corrected chi connectivity index (χ4v) is 2.22. The molecule has 1 aromatic carbocycles. The average molecular weight is 215 g/mol. The van der Waals surface area contributed by atoms with Crippen LogP contribution >= 0.6 is 0 Å². The first-order chi connectivity index (χ1) is 7.41. The first kappa shape index (κ1) is 10.9. The van der Waals surface area contributed by atoms with Crippen molar-refractivity contribution in [1.29, 1.82) is 0 Å². The van der Waals surface area contributed by atoms with E-state index in [4.69, 9.17) is 0 Å². The first-order valence-electron chi connectivity index (χ1n) is 5.53. The van der Waals surface area contributed by atoms with Crippen molar-refractivity contribution >= 4 is 10.8 Å². The largest absolute Gasteiger partial charge is 0.307 e. The van der Waals surface area contributed by atoms with E-state index < -0.39 is 0 Å². The van der Waals surface area contributed by atoms with Gasteiger partial charge >= 0.3 is 0 Å². The van der Waals surface area contributed by atoms with Gasteiger partial charge in [-0.3, -0.25) is 4.79 Å². The molecule has 16 heavy (non-hydrogen) atoms. The molecule has 0 saturated carbocycles. The molecule has 0 fully saturated rings. The van der Waals surface area contributed by atoms with Crippen LogP contribution in [0.3, 0.4) is 0 Å². The molecule has 0 atom stereocenters. The zero-order valence-electron chi connectivity index (χ0n) is 10.2. The van der Waals surface area contributed by atoms with Gasteiger partial charge in [-0.15, -0.1) is 0 Å². The molecule has 2 rings (SSSR count). The lowest BCUT2D eigenvalue weighted by Gasteiger charge is -2.25. The van der Waals surface area contributed by atoms with Crippen LogP contribution in [0, 0.1) is 6.92 Å². The number of benzene rings is 1. The Morgan fingerprint density at radius 1 is 1.12 bits per heavy atom. The smallest absolute Gasteiger partial charge is 0.259 e. The lowest BCUT2D eigenvalue weighted by Crippen LogP contribution is -2.35. The zero-order valence-corrected chi connectivity index (χ0v) is 10.2. The molecule has 0 aliphatic heterocycles. The Morgan fingerprint density at radius 2 is 1.75 bits per heavy atom. The van der Waals surface area contributed by atoms with Crippen molar-refractivity contribution in [3.05, 3.63) is 46.4 Å². The number of nitrogens with zero attached hydrogens (tertiary/aromatic N) is 1. The van der Waals surface area contributed by atoms with Crippen LogP contribution in [0.1, 0.15) is 26.5 Å². The van der Waals surface area contributed by atoms with E-state index in [1.54, 1.807) is 0 Å². The third kappa shape index (κ3) is 1.64. The van der Waals surface area contributed by atoms with Crippen molar-refractivity contribution in [1.82, 2.24) is 4.57 Å². The number of hydrogen-bond acceptors (Lipinski definition) is 1. The van der Waals surface area contributed by atoms with Crippen molar-refractivity contribution < 1.29 is 0 Å². The van der Waals surface area contributed by atoms with Gasteiger partial charge in [0.1, 0.15) is 0 Å². The van der Waals surface area contributed by atoms with Gasteiger partial charge in [0.15, 0.2) is 0 Å². The molecule has 0 spiro atoms. The molecule has 1 heterocycles. The van der Waals surface area contributed by atoms with E-state index >= 15 is 0 Å². The molecule has 0 unspecified atom stereocenters. The summed E-state index contributed by atoms with van der Waals surface area (Å²) in [6.45, 7) is 8.14. The van der Waals surface area contributed by atoms with Gasteiger partial charge in [0.2, 0.25) is 0 Å². The zero-order chi connectivity index (χ0) is 11.9. The summed E-state index contributed by atoms with van der Waals surface area (Å²) in [4.78, 5) is 12.4. The van der Waals surface area contributed by atoms with Gasteiger partial charge in [0.05, 0.1) is 0 Å². The Kier molecular flexibility index (Phi) is 2.38. The van der Waals surface area contributed by atoms with Crippen LogP contribution in [0.5, 0.6) is 0 Å². The van der Waals surface area contributed by atoms with Crippen molar-refractivity contribution in [2.45, 2.75) is 33.2 Å². The van der Waals surface area contributed by atoms with Crippen molar-refractivity contribution in [2.24, 2.45) is 0 Å². The van der Waals surface area contributed by atoms with Gasteiger partial charge in [0.25, 0.3) is 5.56 Å². The highest BCUT2D eigenvalue weighted by molar-refractivity contribution is 5.81. The Morgan fingerprint density at radius 3 is 2.38 bits per heavy atom. The SMILES string of the molecule is Cc1cc2ccccc2c(=O)n1C(C)(C)C. The fourth-order valence-electron chi connectivity index (χ4n) is 2.22. The van der Waals surface area contributed by atoms with Crippen LogP contribution in [0.25, 0.3) is 10.8 Å². The van der Waals surface area contributed by atoms with Crippen molar-refractivity contribution in [3.63, 3.8) is 0 Å². The molecule has 0 bridgehead atoms. The van der Waals surface area contributed by atoms with E-state index in [2.05, 4.69) is 26.8 Å². The molecule has 2 aromatic rings. The van der Waals surface area contributed by atoms with Gasteiger partial charge in [-0.05, 0) is 45.2 Å². The number of pyridine rings is 1. The average Bonchev–Trinajstić information content (AvgIpc) is 2.15. The number of fused-ring (bicyclic) bond motifs is 1. The standard InChI is InChI=1S/C14H17NO/c1-10-9-11-7-5-6-8-12(11)13(16)15(10)14(2,3)4/h5-9H,1-4H3. The summed E-state index contributed by atoms with van der Waals surface area (Å²) >= 11 is 0. The lowest BCUT2D eigenvalue weighted by atomic mass is 10.1. The molecule has 2 heteroatoms. The number of aromatic nitrogens is 1. The van der Waals surface area contributed by atoms with E-state index in [-0.39, 0.29) is 11.1 Å². The molecule has 1 aromatic heterocycles. The summed E-state index contributed by atoms with van der Waals surface area (Å²) in [5.74, 6) is 0. The van der Waals surface area contributed by atoms with Crippen LogP contribution in [-0.2, 0) is 5.54 Å². The topological polar surface area (TPSA) is 22.0 Å². The predicted octanol–water partition coefficient (Wildman–Crippen LogP) is 3.06. The number of aryl methyl sites for hydroxylation is 1. The van der Waals surface area contributed by atoms with Crippen molar-refractivity contribution in [2.75, 3.05) is 0 Å². The summed E-state index contributed by atoms with van der Waals surface area (Å²) in [5, 5.41) is 1.81. The van der Waals surface area contributed by atoms with Gasteiger partial charge in [-0.1, -0.05) is 18.2 Å². The molecule has 2 nitrogen and oxygen atoms in total. The minimum atomic E-state index is -0.175. The normalized spacial score (nSPS) is 12.0. The highest BCUT2D eigenvalue weighted by Gasteiger charge is 2.17. The van der Waals surface area contributed by atoms with Gasteiger partial charge in [-0.25, -0.2) is 0 Å². The molecular weight excluding hydrogens is 198 g/mol. The molecule has 0 radical (unpaired) electrons. The minimum Gasteiger partial charge on any atom is -0.307 e. The maximum Gasteiger partial charge on any atom is 0.259 e. The summed E-state index contributed by atoms with van der Waals surface area (Å²) in [6.07, 6.45) is 0. The summed E-state index contributed by atoms with van der Waals surface area (Å²) in [5.41, 5.74) is 0.935. The van der Waals surface area contributed by atoms with E-state index in [0.717, 1.165) is 16.5 Å². The summed E-state index contributed by atoms with van der Waals surface area (Å²) in [7, 11) is 0. The third-order valence-electron chi connectivity index (χ3n) is 2.78. The van der Waals surface area contributed by atoms with Crippen LogP contribution in [0.15, 0.2) is 35.1 Å². The van der Waals surface area contributed by atoms with Crippen LogP contribution in [0.4, 0.5) is 0 Å². The molecule has 0 aliphatic rings. The molecule has 84 valence electrons. The number of rotatable bonds is 0. The van der Waals surface area contributed by atoms with Gasteiger partial charge < -0.3 is 4.57 Å². The maximum absolute atomic E-state index is 12.4. The van der Waals surface area contributed by atoms with Gasteiger partial charge in [0, 0.05) is 16.6 Å². The maximum atomic E-state index is 12.4. The Bertz CT molecular complexity index is 588.